The van der Waals surface area contributed by atoms with E-state index in [0.717, 1.165) is 6.42 Å². The van der Waals surface area contributed by atoms with E-state index in [9.17, 15) is 0 Å². The van der Waals surface area contributed by atoms with Crippen molar-refractivity contribution in [2.75, 3.05) is 0 Å². The van der Waals surface area contributed by atoms with Crippen molar-refractivity contribution in [3.63, 3.8) is 0 Å². The van der Waals surface area contributed by atoms with Crippen LogP contribution in [-0.2, 0) is 32.7 Å². The first-order valence-corrected chi connectivity index (χ1v) is 8.71. The third-order valence-electron chi connectivity index (χ3n) is 5.35. The SMILES string of the molecule is [Y].[c-]1cc2c3ccccc3n3c4ccccc4c(c1C1=CC=CC[CH-]1)c23. The van der Waals surface area contributed by atoms with Gasteiger partial charge in [0.15, 0.2) is 0 Å². The van der Waals surface area contributed by atoms with Gasteiger partial charge in [-0.2, -0.15) is 0 Å². The number of hydrogen-bond donors (Lipinski definition) is 0. The molecule has 1 nitrogen and oxygen atoms in total. The molecule has 1 aliphatic carbocycles. The monoisotopic (exact) mass is 406 g/mol. The van der Waals surface area contributed by atoms with Crippen LogP contribution in [0.5, 0.6) is 0 Å². The van der Waals surface area contributed by atoms with Crippen LogP contribution in [0.3, 0.4) is 0 Å². The maximum absolute atomic E-state index is 3.61. The summed E-state index contributed by atoms with van der Waals surface area (Å²) in [5.41, 5.74) is 6.35. The van der Waals surface area contributed by atoms with Crippen LogP contribution in [0.2, 0.25) is 0 Å². The summed E-state index contributed by atoms with van der Waals surface area (Å²) < 4.78 is 2.42. The number of allylic oxidation sites excluding steroid dienone is 4. The molecule has 0 aliphatic heterocycles. The maximum Gasteiger partial charge on any atom is 0.0430 e. The van der Waals surface area contributed by atoms with Crippen molar-refractivity contribution in [3.8, 4) is 0 Å². The summed E-state index contributed by atoms with van der Waals surface area (Å²) in [6.07, 6.45) is 9.82. The maximum atomic E-state index is 3.61. The van der Waals surface area contributed by atoms with Gasteiger partial charge in [-0.05, 0) is 28.4 Å². The van der Waals surface area contributed by atoms with Crippen LogP contribution in [0.1, 0.15) is 12.0 Å². The summed E-state index contributed by atoms with van der Waals surface area (Å²) in [6, 6.07) is 23.2. The molecule has 3 aromatic carbocycles. The van der Waals surface area contributed by atoms with Gasteiger partial charge in [-0.25, -0.2) is 24.1 Å². The Kier molecular flexibility index (Phi) is 3.70. The second-order valence-corrected chi connectivity index (χ2v) is 6.66. The van der Waals surface area contributed by atoms with Crippen LogP contribution >= 0.6 is 0 Å². The Morgan fingerprint density at radius 2 is 1.62 bits per heavy atom. The number of aromatic nitrogens is 1. The fraction of sp³-hybridized carbons (Fsp3) is 0.0417. The molecule has 6 rings (SSSR count). The van der Waals surface area contributed by atoms with E-state index in [-0.39, 0.29) is 32.7 Å². The van der Waals surface area contributed by atoms with E-state index < -0.39 is 0 Å². The molecule has 0 atom stereocenters. The average Bonchev–Trinajstić information content (AvgIpc) is 3.20. The minimum absolute atomic E-state index is 0. The second kappa shape index (κ2) is 5.98. The summed E-state index contributed by atoms with van der Waals surface area (Å²) in [5, 5.41) is 5.22. The van der Waals surface area contributed by atoms with Crippen LogP contribution in [0, 0.1) is 12.5 Å². The van der Waals surface area contributed by atoms with Gasteiger partial charge in [-0.3, -0.25) is 5.57 Å². The van der Waals surface area contributed by atoms with Gasteiger partial charge >= 0.3 is 0 Å². The number of fused-ring (bicyclic) bond motifs is 6. The quantitative estimate of drug-likeness (QED) is 0.293. The van der Waals surface area contributed by atoms with Crippen LogP contribution in [-0.4, -0.2) is 4.40 Å². The van der Waals surface area contributed by atoms with Crippen molar-refractivity contribution >= 4 is 43.7 Å². The summed E-state index contributed by atoms with van der Waals surface area (Å²) in [6.45, 7) is 0. The van der Waals surface area contributed by atoms with Crippen molar-refractivity contribution in [2.45, 2.75) is 6.42 Å². The van der Waals surface area contributed by atoms with Gasteiger partial charge in [-0.15, -0.1) is 23.6 Å². The molecule has 1 radical (unpaired) electrons. The van der Waals surface area contributed by atoms with Gasteiger partial charge in [0, 0.05) is 43.7 Å². The average molecular weight is 406 g/mol. The van der Waals surface area contributed by atoms with Gasteiger partial charge in [-0.1, -0.05) is 48.2 Å². The predicted octanol–water partition coefficient (Wildman–Crippen LogP) is 6.18. The summed E-state index contributed by atoms with van der Waals surface area (Å²) in [5.74, 6) is 0. The van der Waals surface area contributed by atoms with Gasteiger partial charge < -0.3 is 4.40 Å². The van der Waals surface area contributed by atoms with Crippen LogP contribution in [0.4, 0.5) is 0 Å². The molecule has 0 unspecified atom stereocenters. The van der Waals surface area contributed by atoms with Crippen molar-refractivity contribution in [1.29, 1.82) is 0 Å². The standard InChI is InChI=1S/C24H15N.Y/c1-2-8-16(9-3-1)17-14-15-19-18-10-4-6-12-21(18)25-22-13-7-5-11-20(22)23(17)24(19)25;/h1-2,4-13,15H,3H2;/q-2;. The van der Waals surface area contributed by atoms with Crippen molar-refractivity contribution in [3.05, 3.63) is 90.9 Å². The molecule has 2 heteroatoms. The summed E-state index contributed by atoms with van der Waals surface area (Å²) in [4.78, 5) is 0. The second-order valence-electron chi connectivity index (χ2n) is 6.66. The van der Waals surface area contributed by atoms with Gasteiger partial charge in [0.05, 0.1) is 0 Å². The molecule has 0 fully saturated rings. The first-order chi connectivity index (χ1) is 12.4. The third-order valence-corrected chi connectivity index (χ3v) is 5.35. The smallest absolute Gasteiger partial charge is 0.0430 e. The predicted molar refractivity (Wildman–Crippen MR) is 106 cm³/mol. The van der Waals surface area contributed by atoms with Crippen molar-refractivity contribution in [2.24, 2.45) is 0 Å². The molecule has 26 heavy (non-hydrogen) atoms. The van der Waals surface area contributed by atoms with E-state index in [2.05, 4.69) is 89.7 Å². The molecule has 121 valence electrons. The van der Waals surface area contributed by atoms with E-state index in [1.165, 1.54) is 49.2 Å². The van der Waals surface area contributed by atoms with E-state index >= 15 is 0 Å². The Bertz CT molecular complexity index is 1340. The summed E-state index contributed by atoms with van der Waals surface area (Å²) >= 11 is 0. The van der Waals surface area contributed by atoms with Crippen LogP contribution in [0.25, 0.3) is 43.7 Å². The zero-order chi connectivity index (χ0) is 16.4. The van der Waals surface area contributed by atoms with Gasteiger partial charge in [0.1, 0.15) is 0 Å². The topological polar surface area (TPSA) is 4.41 Å². The Labute approximate surface area is 177 Å². The molecular formula is C24H15NY-2. The van der Waals surface area contributed by atoms with Crippen LogP contribution < -0.4 is 0 Å². The Morgan fingerprint density at radius 1 is 0.885 bits per heavy atom. The van der Waals surface area contributed by atoms with E-state index in [1.54, 1.807) is 0 Å². The molecule has 2 aromatic heterocycles. The Balaban J connectivity index is 0.00000150. The van der Waals surface area contributed by atoms with E-state index in [4.69, 9.17) is 0 Å². The fourth-order valence-electron chi connectivity index (χ4n) is 4.31. The molecule has 0 spiro atoms. The molecule has 1 aliphatic rings. The molecule has 2 heterocycles. The minimum atomic E-state index is 0. The minimum Gasteiger partial charge on any atom is -0.328 e. The zero-order valence-electron chi connectivity index (χ0n) is 14.2. The largest absolute Gasteiger partial charge is 0.328 e. The van der Waals surface area contributed by atoms with Gasteiger partial charge in [0.2, 0.25) is 0 Å². The molecule has 0 bridgehead atoms. The van der Waals surface area contributed by atoms with Crippen molar-refractivity contribution < 1.29 is 32.7 Å². The molecule has 0 saturated carbocycles. The van der Waals surface area contributed by atoms with E-state index in [1.807, 2.05) is 0 Å². The third kappa shape index (κ3) is 2.02. The number of para-hydroxylation sites is 2. The Hall–Kier alpha value is -2.09. The number of benzene rings is 3. The number of nitrogens with zero attached hydrogens (tertiary/aromatic N) is 1. The molecular weight excluding hydrogens is 391 g/mol. The Morgan fingerprint density at radius 3 is 2.38 bits per heavy atom. The molecule has 0 amide bonds. The van der Waals surface area contributed by atoms with E-state index in [0.29, 0.717) is 0 Å². The molecule has 0 N–H and O–H groups in total. The van der Waals surface area contributed by atoms with Crippen molar-refractivity contribution in [1.82, 2.24) is 4.40 Å². The van der Waals surface area contributed by atoms with Crippen LogP contribution in [0.15, 0.2) is 72.8 Å². The fourth-order valence-corrected chi connectivity index (χ4v) is 4.31. The number of hydrogen-bond acceptors (Lipinski definition) is 0. The molecule has 0 saturated heterocycles. The first-order valence-electron chi connectivity index (χ1n) is 8.71. The first kappa shape index (κ1) is 16.1. The normalized spacial score (nSPS) is 14.1. The van der Waals surface area contributed by atoms with Gasteiger partial charge in [0.25, 0.3) is 0 Å². The summed E-state index contributed by atoms with van der Waals surface area (Å²) in [7, 11) is 0. The number of rotatable bonds is 1. The zero-order valence-corrected chi connectivity index (χ0v) is 17.1. The molecule has 5 aromatic rings.